The lowest BCUT2D eigenvalue weighted by molar-refractivity contribution is 0.450. The second kappa shape index (κ2) is 5.30. The minimum atomic E-state index is 0.278. The highest BCUT2D eigenvalue weighted by Gasteiger charge is 2.13. The first kappa shape index (κ1) is 12.7. The predicted octanol–water partition coefficient (Wildman–Crippen LogP) is 3.87. The standard InChI is InChI=1S/C16H20O2/c1-11-4-3-5-12(2)10-14-13(7-6-11)15(17)8-9-16(14)18/h5-6,8-9,17-18H,3-4,7,10H2,1-2H3/b11-6+,12-5-. The molecule has 0 bridgehead atoms. The number of aromatic hydroxyl groups is 2. The lowest BCUT2D eigenvalue weighted by Gasteiger charge is -2.14. The second-order valence-electron chi connectivity index (χ2n) is 5.08. The van der Waals surface area contributed by atoms with Gasteiger partial charge in [0.05, 0.1) is 0 Å². The maximum atomic E-state index is 9.98. The summed E-state index contributed by atoms with van der Waals surface area (Å²) in [5, 5.41) is 20.0. The Kier molecular flexibility index (Phi) is 3.75. The number of allylic oxidation sites excluding steroid dienone is 4. The summed E-state index contributed by atoms with van der Waals surface area (Å²) >= 11 is 0. The largest absolute Gasteiger partial charge is 0.508 e. The van der Waals surface area contributed by atoms with E-state index in [4.69, 9.17) is 0 Å². The van der Waals surface area contributed by atoms with Gasteiger partial charge in [0.15, 0.2) is 0 Å². The van der Waals surface area contributed by atoms with Gasteiger partial charge in [-0.25, -0.2) is 0 Å². The molecular formula is C16H20O2. The van der Waals surface area contributed by atoms with Crippen molar-refractivity contribution in [1.29, 1.82) is 0 Å². The molecular weight excluding hydrogens is 224 g/mol. The van der Waals surface area contributed by atoms with Gasteiger partial charge in [0.2, 0.25) is 0 Å². The van der Waals surface area contributed by atoms with Gasteiger partial charge in [-0.2, -0.15) is 0 Å². The Bertz CT molecular complexity index is 510. The third-order valence-corrected chi connectivity index (χ3v) is 3.52. The topological polar surface area (TPSA) is 40.5 Å². The number of phenolic OH excluding ortho intramolecular Hbond substituents is 2. The molecule has 0 radical (unpaired) electrons. The van der Waals surface area contributed by atoms with E-state index in [2.05, 4.69) is 26.0 Å². The fourth-order valence-electron chi connectivity index (χ4n) is 2.37. The lowest BCUT2D eigenvalue weighted by atomic mass is 9.93. The maximum Gasteiger partial charge on any atom is 0.119 e. The zero-order valence-electron chi connectivity index (χ0n) is 11.0. The first-order valence-corrected chi connectivity index (χ1v) is 6.42. The Morgan fingerprint density at radius 1 is 0.889 bits per heavy atom. The molecule has 0 heterocycles. The van der Waals surface area contributed by atoms with Gasteiger partial charge in [-0.05, 0) is 51.7 Å². The van der Waals surface area contributed by atoms with Crippen LogP contribution in [0.5, 0.6) is 11.5 Å². The van der Waals surface area contributed by atoms with E-state index in [0.717, 1.165) is 24.0 Å². The van der Waals surface area contributed by atoms with Crippen molar-refractivity contribution in [2.24, 2.45) is 0 Å². The van der Waals surface area contributed by atoms with Crippen molar-refractivity contribution >= 4 is 0 Å². The highest BCUT2D eigenvalue weighted by Crippen LogP contribution is 2.32. The van der Waals surface area contributed by atoms with Crippen LogP contribution in [0.2, 0.25) is 0 Å². The monoisotopic (exact) mass is 244 g/mol. The van der Waals surface area contributed by atoms with Crippen molar-refractivity contribution in [2.75, 3.05) is 0 Å². The molecule has 1 aliphatic rings. The number of rotatable bonds is 0. The number of fused-ring (bicyclic) bond motifs is 1. The molecule has 0 fully saturated rings. The smallest absolute Gasteiger partial charge is 0.119 e. The Morgan fingerprint density at radius 3 is 2.28 bits per heavy atom. The first-order valence-electron chi connectivity index (χ1n) is 6.42. The third kappa shape index (κ3) is 2.76. The van der Waals surface area contributed by atoms with Crippen LogP contribution in [0.25, 0.3) is 0 Å². The molecule has 2 nitrogen and oxygen atoms in total. The summed E-state index contributed by atoms with van der Waals surface area (Å²) in [6.07, 6.45) is 7.87. The molecule has 18 heavy (non-hydrogen) atoms. The Hall–Kier alpha value is -1.70. The summed E-state index contributed by atoms with van der Waals surface area (Å²) in [5.74, 6) is 0.558. The average Bonchev–Trinajstić information content (AvgIpc) is 2.33. The van der Waals surface area contributed by atoms with E-state index in [1.54, 1.807) is 12.1 Å². The molecule has 0 aliphatic heterocycles. The van der Waals surface area contributed by atoms with Gasteiger partial charge < -0.3 is 10.2 Å². The highest BCUT2D eigenvalue weighted by atomic mass is 16.3. The summed E-state index contributed by atoms with van der Waals surface area (Å²) in [6, 6.07) is 3.14. The Labute approximate surface area is 108 Å². The van der Waals surface area contributed by atoms with Crippen LogP contribution < -0.4 is 0 Å². The minimum Gasteiger partial charge on any atom is -0.508 e. The van der Waals surface area contributed by atoms with Gasteiger partial charge in [0.25, 0.3) is 0 Å². The highest BCUT2D eigenvalue weighted by molar-refractivity contribution is 5.50. The third-order valence-electron chi connectivity index (χ3n) is 3.52. The molecule has 0 aromatic heterocycles. The Balaban J connectivity index is 2.51. The zero-order valence-corrected chi connectivity index (χ0v) is 11.0. The van der Waals surface area contributed by atoms with E-state index in [1.807, 2.05) is 0 Å². The summed E-state index contributed by atoms with van der Waals surface area (Å²) < 4.78 is 0. The molecule has 0 saturated carbocycles. The first-order chi connectivity index (χ1) is 8.58. The minimum absolute atomic E-state index is 0.278. The SMILES string of the molecule is C/C1=C/CC/C(C)=C/Cc2c(O)ccc(O)c2C1. The second-order valence-corrected chi connectivity index (χ2v) is 5.08. The van der Waals surface area contributed by atoms with Crippen LogP contribution in [0.1, 0.15) is 37.8 Å². The number of benzene rings is 1. The molecule has 2 heteroatoms. The number of hydrogen-bond acceptors (Lipinski definition) is 2. The predicted molar refractivity (Wildman–Crippen MR) is 73.9 cm³/mol. The van der Waals surface area contributed by atoms with E-state index in [9.17, 15) is 10.2 Å². The van der Waals surface area contributed by atoms with Crippen LogP contribution in [-0.4, -0.2) is 10.2 Å². The van der Waals surface area contributed by atoms with Gasteiger partial charge in [0, 0.05) is 11.1 Å². The molecule has 0 atom stereocenters. The fraction of sp³-hybridized carbons (Fsp3) is 0.375. The molecule has 0 unspecified atom stereocenters. The van der Waals surface area contributed by atoms with Crippen molar-refractivity contribution in [3.05, 3.63) is 46.6 Å². The average molecular weight is 244 g/mol. The maximum absolute atomic E-state index is 9.98. The lowest BCUT2D eigenvalue weighted by Crippen LogP contribution is -1.98. The molecule has 96 valence electrons. The van der Waals surface area contributed by atoms with E-state index in [0.29, 0.717) is 12.8 Å². The van der Waals surface area contributed by atoms with Crippen molar-refractivity contribution in [3.63, 3.8) is 0 Å². The summed E-state index contributed by atoms with van der Waals surface area (Å²) in [6.45, 7) is 4.19. The fourth-order valence-corrected chi connectivity index (χ4v) is 2.37. The van der Waals surface area contributed by atoms with Crippen molar-refractivity contribution < 1.29 is 10.2 Å². The molecule has 0 amide bonds. The molecule has 0 saturated heterocycles. The van der Waals surface area contributed by atoms with Crippen LogP contribution in [-0.2, 0) is 12.8 Å². The molecule has 0 spiro atoms. The van der Waals surface area contributed by atoms with E-state index < -0.39 is 0 Å². The van der Waals surface area contributed by atoms with Gasteiger partial charge >= 0.3 is 0 Å². The van der Waals surface area contributed by atoms with Crippen LogP contribution in [0.15, 0.2) is 35.4 Å². The quantitative estimate of drug-likeness (QED) is 0.537. The molecule has 1 aromatic rings. The van der Waals surface area contributed by atoms with Crippen LogP contribution in [0.3, 0.4) is 0 Å². The summed E-state index contributed by atoms with van der Waals surface area (Å²) in [4.78, 5) is 0. The van der Waals surface area contributed by atoms with Gasteiger partial charge in [-0.3, -0.25) is 0 Å². The normalized spacial score (nSPS) is 22.3. The number of hydrogen-bond donors (Lipinski definition) is 2. The molecule has 2 rings (SSSR count). The summed E-state index contributed by atoms with van der Waals surface area (Å²) in [5.41, 5.74) is 4.28. The zero-order chi connectivity index (χ0) is 13.1. The van der Waals surface area contributed by atoms with Crippen molar-refractivity contribution in [2.45, 2.75) is 39.5 Å². The molecule has 2 N–H and O–H groups in total. The van der Waals surface area contributed by atoms with Crippen molar-refractivity contribution in [1.82, 2.24) is 0 Å². The Morgan fingerprint density at radius 2 is 1.56 bits per heavy atom. The van der Waals surface area contributed by atoms with Crippen LogP contribution in [0.4, 0.5) is 0 Å². The van der Waals surface area contributed by atoms with Crippen LogP contribution in [0, 0.1) is 0 Å². The van der Waals surface area contributed by atoms with Gasteiger partial charge in [0.1, 0.15) is 11.5 Å². The van der Waals surface area contributed by atoms with Crippen molar-refractivity contribution in [3.8, 4) is 11.5 Å². The molecule has 1 aromatic carbocycles. The van der Waals surface area contributed by atoms with E-state index in [1.165, 1.54) is 11.1 Å². The van der Waals surface area contributed by atoms with Crippen LogP contribution >= 0.6 is 0 Å². The van der Waals surface area contributed by atoms with E-state index in [-0.39, 0.29) is 11.5 Å². The van der Waals surface area contributed by atoms with Gasteiger partial charge in [-0.1, -0.05) is 23.3 Å². The number of phenols is 2. The van der Waals surface area contributed by atoms with E-state index >= 15 is 0 Å². The van der Waals surface area contributed by atoms with Gasteiger partial charge in [-0.15, -0.1) is 0 Å². The summed E-state index contributed by atoms with van der Waals surface area (Å²) in [7, 11) is 0. The molecule has 1 aliphatic carbocycles.